The van der Waals surface area contributed by atoms with Crippen molar-refractivity contribution in [3.8, 4) is 11.1 Å². The number of rotatable bonds is 10. The molecule has 1 aromatic heterocycles. The number of cyclic esters (lactones) is 1. The maximum atomic E-state index is 13.9. The topological polar surface area (TPSA) is 135 Å². The van der Waals surface area contributed by atoms with E-state index in [1.807, 2.05) is 6.07 Å². The second kappa shape index (κ2) is 12.2. The van der Waals surface area contributed by atoms with Crippen molar-refractivity contribution in [1.82, 2.24) is 15.6 Å². The Bertz CT molecular complexity index is 1300. The van der Waals surface area contributed by atoms with Crippen molar-refractivity contribution in [2.45, 2.75) is 25.4 Å². The maximum Gasteiger partial charge on any atom is 0.323 e. The van der Waals surface area contributed by atoms with Gasteiger partial charge < -0.3 is 26.4 Å². The first kappa shape index (κ1) is 25.9. The second-order valence-electron chi connectivity index (χ2n) is 8.54. The molecule has 1 atom stereocenters. The zero-order chi connectivity index (χ0) is 26.2. The molecule has 1 unspecified atom stereocenters. The number of nitrogens with one attached hydrogen (secondary N) is 3. The Kier molecular flexibility index (Phi) is 8.55. The molecular weight excluding hydrogens is 477 g/mol. The summed E-state index contributed by atoms with van der Waals surface area (Å²) in [4.78, 5) is 40.7. The van der Waals surface area contributed by atoms with E-state index in [1.165, 1.54) is 12.3 Å². The van der Waals surface area contributed by atoms with Gasteiger partial charge in [0.2, 0.25) is 0 Å². The highest BCUT2D eigenvalue weighted by Gasteiger charge is 2.25. The Hall–Kier alpha value is -4.15. The Morgan fingerprint density at radius 1 is 1.08 bits per heavy atom. The Balaban J connectivity index is 1.42. The predicted molar refractivity (Wildman–Crippen MR) is 136 cm³/mol. The summed E-state index contributed by atoms with van der Waals surface area (Å²) in [5, 5.41) is 8.55. The average molecular weight is 506 g/mol. The van der Waals surface area contributed by atoms with Gasteiger partial charge in [-0.25, -0.2) is 4.39 Å². The Labute approximate surface area is 213 Å². The molecule has 4 rings (SSSR count). The number of benzene rings is 2. The van der Waals surface area contributed by atoms with Crippen LogP contribution in [0, 0.1) is 5.82 Å². The van der Waals surface area contributed by atoms with Gasteiger partial charge in [0.05, 0.1) is 18.5 Å². The van der Waals surface area contributed by atoms with E-state index in [2.05, 4.69) is 20.9 Å². The molecule has 1 saturated heterocycles. The van der Waals surface area contributed by atoms with Crippen LogP contribution in [0.1, 0.15) is 39.1 Å². The fourth-order valence-corrected chi connectivity index (χ4v) is 4.01. The number of aromatic nitrogens is 1. The number of nitrogens with zero attached hydrogens (tertiary/aromatic N) is 1. The number of hydrogen-bond acceptors (Lipinski definition) is 7. The molecule has 0 aliphatic carbocycles. The second-order valence-corrected chi connectivity index (χ2v) is 8.54. The van der Waals surface area contributed by atoms with Crippen LogP contribution in [0.2, 0.25) is 0 Å². The number of hydrogen-bond donors (Lipinski definition) is 4. The van der Waals surface area contributed by atoms with Crippen LogP contribution in [0.15, 0.2) is 60.9 Å². The fraction of sp³-hybridized carbons (Fsp3) is 0.259. The summed E-state index contributed by atoms with van der Waals surface area (Å²) < 4.78 is 18.8. The molecule has 0 spiro atoms. The van der Waals surface area contributed by atoms with Crippen molar-refractivity contribution in [1.29, 1.82) is 0 Å². The molecule has 0 bridgehead atoms. The maximum absolute atomic E-state index is 13.9. The zero-order valence-electron chi connectivity index (χ0n) is 20.1. The largest absolute Gasteiger partial charge is 0.464 e. The molecule has 1 aliphatic rings. The smallest absolute Gasteiger partial charge is 0.323 e. The quantitative estimate of drug-likeness (QED) is 0.246. The number of carbonyl (C=O) groups is 3. The number of esters is 1. The van der Waals surface area contributed by atoms with Gasteiger partial charge in [0.15, 0.2) is 5.82 Å². The number of pyridine rings is 1. The van der Waals surface area contributed by atoms with E-state index >= 15 is 0 Å². The van der Waals surface area contributed by atoms with Gasteiger partial charge in [-0.1, -0.05) is 18.2 Å². The van der Waals surface area contributed by atoms with Crippen LogP contribution in [0.5, 0.6) is 0 Å². The standard InChI is InChI=1S/C27H28FN5O4/c28-22-16-30-11-7-23(22)33-26(35)19-5-6-20(15-29)21(14-19)17-3-1-4-18(13-17)25(34)32-10-2-9-31-24-8-12-37-27(24)36/h1,3-7,11,13-14,16,24,31H,2,8-10,12,15,29H2,(H,32,34)(H,30,33,35). The monoisotopic (exact) mass is 505 g/mol. The number of halogens is 1. The summed E-state index contributed by atoms with van der Waals surface area (Å²) in [6, 6.07) is 13.2. The van der Waals surface area contributed by atoms with Gasteiger partial charge in [0.25, 0.3) is 11.8 Å². The van der Waals surface area contributed by atoms with Gasteiger partial charge in [-0.05, 0) is 60.0 Å². The molecule has 3 aromatic rings. The van der Waals surface area contributed by atoms with Crippen LogP contribution in [0.25, 0.3) is 11.1 Å². The van der Waals surface area contributed by atoms with Gasteiger partial charge in [0.1, 0.15) is 6.04 Å². The lowest BCUT2D eigenvalue weighted by Crippen LogP contribution is -2.35. The van der Waals surface area contributed by atoms with Crippen LogP contribution >= 0.6 is 0 Å². The van der Waals surface area contributed by atoms with Gasteiger partial charge in [-0.15, -0.1) is 0 Å². The van der Waals surface area contributed by atoms with E-state index in [0.717, 1.165) is 17.3 Å². The van der Waals surface area contributed by atoms with Gasteiger partial charge >= 0.3 is 5.97 Å². The molecule has 37 heavy (non-hydrogen) atoms. The van der Waals surface area contributed by atoms with Crippen LogP contribution in [0.3, 0.4) is 0 Å². The van der Waals surface area contributed by atoms with Crippen LogP contribution in [0.4, 0.5) is 10.1 Å². The lowest BCUT2D eigenvalue weighted by atomic mass is 9.95. The molecule has 1 aliphatic heterocycles. The van der Waals surface area contributed by atoms with Crippen molar-refractivity contribution in [2.24, 2.45) is 5.73 Å². The molecular formula is C27H28FN5O4. The minimum Gasteiger partial charge on any atom is -0.464 e. The average Bonchev–Trinajstić information content (AvgIpc) is 3.33. The summed E-state index contributed by atoms with van der Waals surface area (Å²) in [6.07, 6.45) is 3.73. The number of anilines is 1. The Morgan fingerprint density at radius 3 is 2.68 bits per heavy atom. The van der Waals surface area contributed by atoms with Gasteiger partial charge in [-0.2, -0.15) is 0 Å². The van der Waals surface area contributed by atoms with Crippen molar-refractivity contribution >= 4 is 23.5 Å². The van der Waals surface area contributed by atoms with E-state index in [1.54, 1.807) is 36.4 Å². The highest BCUT2D eigenvalue weighted by molar-refractivity contribution is 6.05. The first-order valence-electron chi connectivity index (χ1n) is 12.0. The molecule has 2 amide bonds. The molecule has 2 aromatic carbocycles. The molecule has 0 saturated carbocycles. The summed E-state index contributed by atoms with van der Waals surface area (Å²) in [5.41, 5.74) is 8.95. The summed E-state index contributed by atoms with van der Waals surface area (Å²) in [6.45, 7) is 1.69. The summed E-state index contributed by atoms with van der Waals surface area (Å²) in [5.74, 6) is -1.59. The summed E-state index contributed by atoms with van der Waals surface area (Å²) in [7, 11) is 0. The van der Waals surface area contributed by atoms with Gasteiger partial charge in [-0.3, -0.25) is 19.4 Å². The molecule has 9 nitrogen and oxygen atoms in total. The molecule has 192 valence electrons. The van der Waals surface area contributed by atoms with Crippen molar-refractivity contribution in [2.75, 3.05) is 25.0 Å². The lowest BCUT2D eigenvalue weighted by Gasteiger charge is -2.13. The molecule has 0 radical (unpaired) electrons. The first-order chi connectivity index (χ1) is 18.0. The minimum atomic E-state index is -0.634. The highest BCUT2D eigenvalue weighted by atomic mass is 19.1. The number of amides is 2. The van der Waals surface area contributed by atoms with Crippen molar-refractivity contribution < 1.29 is 23.5 Å². The van der Waals surface area contributed by atoms with Crippen molar-refractivity contribution in [3.05, 3.63) is 83.4 Å². The molecule has 5 N–H and O–H groups in total. The third-order valence-electron chi connectivity index (χ3n) is 6.01. The van der Waals surface area contributed by atoms with Crippen molar-refractivity contribution in [3.63, 3.8) is 0 Å². The van der Waals surface area contributed by atoms with Crippen LogP contribution in [-0.4, -0.2) is 48.5 Å². The number of nitrogens with two attached hydrogens (primary N) is 1. The van der Waals surface area contributed by atoms with Gasteiger partial charge in [0, 0.05) is 36.8 Å². The Morgan fingerprint density at radius 2 is 1.92 bits per heavy atom. The van der Waals surface area contributed by atoms with E-state index in [-0.39, 0.29) is 30.2 Å². The first-order valence-corrected chi connectivity index (χ1v) is 12.0. The third-order valence-corrected chi connectivity index (χ3v) is 6.01. The molecule has 2 heterocycles. The van der Waals surface area contributed by atoms with E-state index in [4.69, 9.17) is 10.5 Å². The normalized spacial score (nSPS) is 14.8. The predicted octanol–water partition coefficient (Wildman–Crippen LogP) is 2.62. The third kappa shape index (κ3) is 6.54. The zero-order valence-corrected chi connectivity index (χ0v) is 20.1. The van der Waals surface area contributed by atoms with E-state index in [0.29, 0.717) is 49.2 Å². The fourth-order valence-electron chi connectivity index (χ4n) is 4.01. The molecule has 1 fully saturated rings. The van der Waals surface area contributed by atoms with Crippen LogP contribution in [-0.2, 0) is 16.1 Å². The molecule has 10 heteroatoms. The van der Waals surface area contributed by atoms with E-state index < -0.39 is 11.7 Å². The minimum absolute atomic E-state index is 0.0292. The lowest BCUT2D eigenvalue weighted by molar-refractivity contribution is -0.139. The highest BCUT2D eigenvalue weighted by Crippen LogP contribution is 2.27. The number of carbonyl (C=O) groups excluding carboxylic acids is 3. The van der Waals surface area contributed by atoms with E-state index in [9.17, 15) is 18.8 Å². The number of ether oxygens (including phenoxy) is 1. The SMILES string of the molecule is NCc1ccc(C(=O)Nc2ccncc2F)cc1-c1cccc(C(=O)NCCCNC2CCOC2=O)c1. The summed E-state index contributed by atoms with van der Waals surface area (Å²) >= 11 is 0. The van der Waals surface area contributed by atoms with Crippen LogP contribution < -0.4 is 21.7 Å².